The van der Waals surface area contributed by atoms with Gasteiger partial charge in [-0.1, -0.05) is 29.8 Å². The second-order valence-electron chi connectivity index (χ2n) is 4.19. The van der Waals surface area contributed by atoms with Crippen LogP contribution in [0.1, 0.15) is 34.1 Å². The first-order valence-electron chi connectivity index (χ1n) is 5.82. The van der Waals surface area contributed by atoms with Gasteiger partial charge in [-0.3, -0.25) is 4.79 Å². The van der Waals surface area contributed by atoms with Crippen LogP contribution in [0.5, 0.6) is 0 Å². The lowest BCUT2D eigenvalue weighted by atomic mass is 10.1. The Hall–Kier alpha value is -2.17. The van der Waals surface area contributed by atoms with E-state index >= 15 is 0 Å². The number of nitrogens with zero attached hydrogens (tertiary/aromatic N) is 2. The Balaban J connectivity index is 2.22. The second-order valence-corrected chi connectivity index (χ2v) is 4.19. The summed E-state index contributed by atoms with van der Waals surface area (Å²) in [6, 6.07) is 5.68. The van der Waals surface area contributed by atoms with E-state index in [2.05, 4.69) is 20.3 Å². The molecule has 2 rings (SSSR count). The molecule has 0 bridgehead atoms. The van der Waals surface area contributed by atoms with Crippen LogP contribution < -0.4 is 5.32 Å². The number of hydrogen-bond acceptors (Lipinski definition) is 4. The Labute approximate surface area is 105 Å². The molecule has 0 saturated carbocycles. The Kier molecular flexibility index (Phi) is 3.41. The SMILES string of the molecule is CCc1nonc1NC(=O)c1ccc(C)cc1C. The maximum atomic E-state index is 12.1. The van der Waals surface area contributed by atoms with Crippen molar-refractivity contribution >= 4 is 11.7 Å². The van der Waals surface area contributed by atoms with E-state index < -0.39 is 0 Å². The third kappa shape index (κ3) is 2.40. The van der Waals surface area contributed by atoms with Gasteiger partial charge in [-0.2, -0.15) is 0 Å². The van der Waals surface area contributed by atoms with E-state index in [0.29, 0.717) is 23.5 Å². The van der Waals surface area contributed by atoms with Gasteiger partial charge in [0, 0.05) is 5.56 Å². The molecule has 1 amide bonds. The molecule has 0 aliphatic heterocycles. The summed E-state index contributed by atoms with van der Waals surface area (Å²) in [4.78, 5) is 12.1. The molecule has 0 unspecified atom stereocenters. The fourth-order valence-electron chi connectivity index (χ4n) is 1.78. The molecule has 0 aliphatic rings. The number of rotatable bonds is 3. The van der Waals surface area contributed by atoms with Crippen molar-refractivity contribution in [3.05, 3.63) is 40.6 Å². The van der Waals surface area contributed by atoms with Crippen LogP contribution in [0, 0.1) is 13.8 Å². The van der Waals surface area contributed by atoms with Crippen molar-refractivity contribution < 1.29 is 9.42 Å². The van der Waals surface area contributed by atoms with Gasteiger partial charge in [0.15, 0.2) is 0 Å². The highest BCUT2D eigenvalue weighted by molar-refractivity contribution is 6.05. The third-order valence-corrected chi connectivity index (χ3v) is 2.75. The molecule has 2 aromatic rings. The van der Waals surface area contributed by atoms with Crippen LogP contribution in [-0.2, 0) is 6.42 Å². The van der Waals surface area contributed by atoms with Crippen LogP contribution in [0.15, 0.2) is 22.8 Å². The van der Waals surface area contributed by atoms with Crippen LogP contribution in [0.25, 0.3) is 0 Å². The van der Waals surface area contributed by atoms with Crippen molar-refractivity contribution in [1.29, 1.82) is 0 Å². The predicted octanol–water partition coefficient (Wildman–Crippen LogP) is 2.50. The second kappa shape index (κ2) is 5.00. The van der Waals surface area contributed by atoms with Gasteiger partial charge in [0.05, 0.1) is 0 Å². The number of carbonyl (C=O) groups excluding carboxylic acids is 1. The van der Waals surface area contributed by atoms with Crippen molar-refractivity contribution in [2.45, 2.75) is 27.2 Å². The maximum Gasteiger partial charge on any atom is 0.257 e. The Morgan fingerprint density at radius 3 is 2.78 bits per heavy atom. The zero-order valence-corrected chi connectivity index (χ0v) is 10.7. The molecule has 0 atom stereocenters. The van der Waals surface area contributed by atoms with E-state index in [-0.39, 0.29) is 5.91 Å². The quantitative estimate of drug-likeness (QED) is 0.902. The van der Waals surface area contributed by atoms with Crippen molar-refractivity contribution in [3.8, 4) is 0 Å². The van der Waals surface area contributed by atoms with Crippen LogP contribution in [0.2, 0.25) is 0 Å². The summed E-state index contributed by atoms with van der Waals surface area (Å²) < 4.78 is 4.61. The van der Waals surface area contributed by atoms with Crippen LogP contribution in [0.3, 0.4) is 0 Å². The van der Waals surface area contributed by atoms with E-state index in [0.717, 1.165) is 11.1 Å². The normalized spacial score (nSPS) is 10.4. The smallest absolute Gasteiger partial charge is 0.257 e. The van der Waals surface area contributed by atoms with Gasteiger partial charge in [-0.05, 0) is 37.1 Å². The molecular formula is C13H15N3O2. The summed E-state index contributed by atoms with van der Waals surface area (Å²) in [5.74, 6) is 0.195. The molecule has 0 radical (unpaired) electrons. The average molecular weight is 245 g/mol. The van der Waals surface area contributed by atoms with Gasteiger partial charge in [0.1, 0.15) is 5.69 Å². The minimum atomic E-state index is -0.196. The number of amides is 1. The zero-order chi connectivity index (χ0) is 13.1. The number of aryl methyl sites for hydroxylation is 3. The number of carbonyl (C=O) groups is 1. The summed E-state index contributed by atoms with van der Waals surface area (Å²) in [6.45, 7) is 5.82. The first kappa shape index (κ1) is 12.3. The van der Waals surface area contributed by atoms with Gasteiger partial charge in [-0.25, -0.2) is 4.63 Å². The minimum absolute atomic E-state index is 0.196. The van der Waals surface area contributed by atoms with Gasteiger partial charge < -0.3 is 5.32 Å². The molecule has 0 aliphatic carbocycles. The number of anilines is 1. The lowest BCUT2D eigenvalue weighted by molar-refractivity contribution is 0.102. The number of nitrogens with one attached hydrogen (secondary N) is 1. The van der Waals surface area contributed by atoms with Crippen LogP contribution >= 0.6 is 0 Å². The minimum Gasteiger partial charge on any atom is -0.302 e. The van der Waals surface area contributed by atoms with Gasteiger partial charge in [0.25, 0.3) is 5.91 Å². The van der Waals surface area contributed by atoms with E-state index in [1.807, 2.05) is 32.9 Å². The van der Waals surface area contributed by atoms with Crippen molar-refractivity contribution in [2.24, 2.45) is 0 Å². The molecule has 1 aromatic heterocycles. The monoisotopic (exact) mass is 245 g/mol. The van der Waals surface area contributed by atoms with Crippen molar-refractivity contribution in [2.75, 3.05) is 5.32 Å². The lowest BCUT2D eigenvalue weighted by Crippen LogP contribution is -2.14. The van der Waals surface area contributed by atoms with Crippen LogP contribution in [-0.4, -0.2) is 16.2 Å². The van der Waals surface area contributed by atoms with Gasteiger partial charge >= 0.3 is 0 Å². The first-order chi connectivity index (χ1) is 8.61. The fourth-order valence-corrected chi connectivity index (χ4v) is 1.78. The summed E-state index contributed by atoms with van der Waals surface area (Å²) in [5, 5.41) is 10.1. The summed E-state index contributed by atoms with van der Waals surface area (Å²) in [5.41, 5.74) is 3.34. The standard InChI is InChI=1S/C13H15N3O2/c1-4-11-12(16-18-15-11)14-13(17)10-6-5-8(2)7-9(10)3/h5-7H,4H2,1-3H3,(H,14,16,17). The van der Waals surface area contributed by atoms with E-state index in [4.69, 9.17) is 0 Å². The highest BCUT2D eigenvalue weighted by Gasteiger charge is 2.14. The molecule has 5 nitrogen and oxygen atoms in total. The predicted molar refractivity (Wildman–Crippen MR) is 67.5 cm³/mol. The number of benzene rings is 1. The Morgan fingerprint density at radius 1 is 1.33 bits per heavy atom. The highest BCUT2D eigenvalue weighted by Crippen LogP contribution is 2.15. The molecule has 1 heterocycles. The number of hydrogen-bond donors (Lipinski definition) is 1. The Morgan fingerprint density at radius 2 is 2.11 bits per heavy atom. The molecule has 1 N–H and O–H groups in total. The molecular weight excluding hydrogens is 230 g/mol. The topological polar surface area (TPSA) is 68.0 Å². The molecule has 0 spiro atoms. The Bertz CT molecular complexity index is 575. The van der Waals surface area contributed by atoms with Gasteiger partial charge in [-0.15, -0.1) is 0 Å². The molecule has 0 fully saturated rings. The van der Waals surface area contributed by atoms with Gasteiger partial charge in [0.2, 0.25) is 5.82 Å². The largest absolute Gasteiger partial charge is 0.302 e. The molecule has 94 valence electrons. The average Bonchev–Trinajstić information content (AvgIpc) is 2.76. The van der Waals surface area contributed by atoms with Crippen molar-refractivity contribution in [1.82, 2.24) is 10.3 Å². The van der Waals surface area contributed by atoms with E-state index in [1.165, 1.54) is 0 Å². The third-order valence-electron chi connectivity index (χ3n) is 2.75. The molecule has 0 saturated heterocycles. The molecule has 18 heavy (non-hydrogen) atoms. The number of aromatic nitrogens is 2. The maximum absolute atomic E-state index is 12.1. The summed E-state index contributed by atoms with van der Waals surface area (Å²) in [7, 11) is 0. The summed E-state index contributed by atoms with van der Waals surface area (Å²) in [6.07, 6.45) is 0.659. The summed E-state index contributed by atoms with van der Waals surface area (Å²) >= 11 is 0. The highest BCUT2D eigenvalue weighted by atomic mass is 16.6. The van der Waals surface area contributed by atoms with Crippen LogP contribution in [0.4, 0.5) is 5.82 Å². The molecule has 5 heteroatoms. The zero-order valence-electron chi connectivity index (χ0n) is 10.7. The fraction of sp³-hybridized carbons (Fsp3) is 0.308. The van der Waals surface area contributed by atoms with E-state index in [9.17, 15) is 4.79 Å². The molecule has 1 aromatic carbocycles. The first-order valence-corrected chi connectivity index (χ1v) is 5.82. The van der Waals surface area contributed by atoms with Crippen molar-refractivity contribution in [3.63, 3.8) is 0 Å². The lowest BCUT2D eigenvalue weighted by Gasteiger charge is -2.06. The van der Waals surface area contributed by atoms with E-state index in [1.54, 1.807) is 6.07 Å².